The molecule has 2 unspecified atom stereocenters. The van der Waals surface area contributed by atoms with Crippen molar-refractivity contribution in [1.82, 2.24) is 0 Å². The second-order valence-corrected chi connectivity index (χ2v) is 6.12. The zero-order valence-electron chi connectivity index (χ0n) is 11.1. The molecule has 1 heterocycles. The van der Waals surface area contributed by atoms with E-state index in [-0.39, 0.29) is 11.0 Å². The monoisotopic (exact) mass is 214 g/mol. The summed E-state index contributed by atoms with van der Waals surface area (Å²) >= 11 is 0. The van der Waals surface area contributed by atoms with Gasteiger partial charge in [-0.1, -0.05) is 27.7 Å². The van der Waals surface area contributed by atoms with Gasteiger partial charge >= 0.3 is 0 Å². The normalized spacial score (nSPS) is 27.6. The lowest BCUT2D eigenvalue weighted by Gasteiger charge is -2.46. The zero-order valence-corrected chi connectivity index (χ0v) is 11.1. The molecule has 0 N–H and O–H groups in total. The highest BCUT2D eigenvalue weighted by Gasteiger charge is 2.41. The van der Waals surface area contributed by atoms with Crippen LogP contribution in [-0.4, -0.2) is 24.9 Å². The van der Waals surface area contributed by atoms with E-state index < -0.39 is 0 Å². The van der Waals surface area contributed by atoms with Gasteiger partial charge in [-0.05, 0) is 20.3 Å². The lowest BCUT2D eigenvalue weighted by molar-refractivity contribution is -0.190. The van der Waals surface area contributed by atoms with Gasteiger partial charge in [-0.3, -0.25) is 0 Å². The minimum absolute atomic E-state index is 0.00967. The van der Waals surface area contributed by atoms with Gasteiger partial charge in [-0.2, -0.15) is 0 Å². The summed E-state index contributed by atoms with van der Waals surface area (Å²) in [4.78, 5) is 0. The van der Waals surface area contributed by atoms with E-state index in [1.165, 1.54) is 0 Å². The number of rotatable bonds is 5. The quantitative estimate of drug-likeness (QED) is 0.699. The van der Waals surface area contributed by atoms with E-state index in [0.717, 1.165) is 19.6 Å². The summed E-state index contributed by atoms with van der Waals surface area (Å²) in [6, 6.07) is 0. The highest BCUT2D eigenvalue weighted by molar-refractivity contribution is 4.89. The van der Waals surface area contributed by atoms with Crippen molar-refractivity contribution in [2.75, 3.05) is 13.2 Å². The van der Waals surface area contributed by atoms with Crippen molar-refractivity contribution in [3.05, 3.63) is 0 Å². The van der Waals surface area contributed by atoms with Crippen LogP contribution < -0.4 is 0 Å². The summed E-state index contributed by atoms with van der Waals surface area (Å²) in [5.41, 5.74) is 0.119. The lowest BCUT2D eigenvalue weighted by Crippen LogP contribution is -2.50. The van der Waals surface area contributed by atoms with Crippen molar-refractivity contribution >= 4 is 0 Å². The Balaban J connectivity index is 2.42. The first-order valence-corrected chi connectivity index (χ1v) is 6.04. The van der Waals surface area contributed by atoms with Crippen LogP contribution in [0.1, 0.15) is 48.0 Å². The molecule has 0 bridgehead atoms. The first-order chi connectivity index (χ1) is 6.78. The van der Waals surface area contributed by atoms with Gasteiger partial charge in [0.2, 0.25) is 0 Å². The molecule has 1 rings (SSSR count). The molecule has 0 aromatic rings. The van der Waals surface area contributed by atoms with Gasteiger partial charge in [0.05, 0.1) is 24.9 Å². The molecule has 0 radical (unpaired) electrons. The Morgan fingerprint density at radius 2 is 1.87 bits per heavy atom. The fourth-order valence-corrected chi connectivity index (χ4v) is 1.95. The van der Waals surface area contributed by atoms with Crippen molar-refractivity contribution in [1.29, 1.82) is 0 Å². The Morgan fingerprint density at radius 1 is 1.27 bits per heavy atom. The Labute approximate surface area is 94.3 Å². The average Bonchev–Trinajstić information content (AvgIpc) is 2.12. The van der Waals surface area contributed by atoms with Crippen molar-refractivity contribution in [2.45, 2.75) is 59.7 Å². The predicted molar refractivity (Wildman–Crippen MR) is 63.0 cm³/mol. The van der Waals surface area contributed by atoms with Gasteiger partial charge in [-0.25, -0.2) is 0 Å². The van der Waals surface area contributed by atoms with Crippen LogP contribution in [0.25, 0.3) is 0 Å². The highest BCUT2D eigenvalue weighted by Crippen LogP contribution is 2.36. The summed E-state index contributed by atoms with van der Waals surface area (Å²) in [5.74, 6) is 0.674. The van der Waals surface area contributed by atoms with Crippen molar-refractivity contribution in [3.8, 4) is 0 Å². The van der Waals surface area contributed by atoms with E-state index in [1.807, 2.05) is 0 Å². The highest BCUT2D eigenvalue weighted by atomic mass is 16.5. The van der Waals surface area contributed by atoms with Crippen molar-refractivity contribution < 1.29 is 9.47 Å². The summed E-state index contributed by atoms with van der Waals surface area (Å²) in [5, 5.41) is 0. The number of ether oxygens (including phenoxy) is 2. The molecule has 0 aliphatic carbocycles. The van der Waals surface area contributed by atoms with Crippen LogP contribution in [0, 0.1) is 11.3 Å². The smallest absolute Gasteiger partial charge is 0.0695 e. The summed E-state index contributed by atoms with van der Waals surface area (Å²) in [7, 11) is 0. The zero-order chi connectivity index (χ0) is 11.7. The van der Waals surface area contributed by atoms with Crippen LogP contribution in [0.3, 0.4) is 0 Å². The third kappa shape index (κ3) is 3.18. The van der Waals surface area contributed by atoms with Gasteiger partial charge in [0.1, 0.15) is 0 Å². The molecule has 0 aromatic heterocycles. The number of hydrogen-bond acceptors (Lipinski definition) is 2. The first kappa shape index (κ1) is 13.0. The molecule has 1 aliphatic heterocycles. The standard InChI is InChI=1S/C13H26O2/c1-7-13(5,6)15-9-12(3,4)11-10(2)8-14-11/h10-11H,7-9H2,1-6H3. The molecule has 0 aromatic carbocycles. The van der Waals surface area contributed by atoms with Gasteiger partial charge in [0, 0.05) is 11.3 Å². The SMILES string of the molecule is CCC(C)(C)OCC(C)(C)C1OCC1C. The Morgan fingerprint density at radius 3 is 2.20 bits per heavy atom. The van der Waals surface area contributed by atoms with E-state index in [1.54, 1.807) is 0 Å². The van der Waals surface area contributed by atoms with Crippen LogP contribution in [0.4, 0.5) is 0 Å². The van der Waals surface area contributed by atoms with Crippen LogP contribution >= 0.6 is 0 Å². The molecular formula is C13H26O2. The maximum atomic E-state index is 5.97. The lowest BCUT2D eigenvalue weighted by atomic mass is 9.78. The molecule has 2 heteroatoms. The minimum Gasteiger partial charge on any atom is -0.377 e. The first-order valence-electron chi connectivity index (χ1n) is 6.04. The van der Waals surface area contributed by atoms with Gasteiger partial charge in [0.15, 0.2) is 0 Å². The average molecular weight is 214 g/mol. The molecule has 1 saturated heterocycles. The van der Waals surface area contributed by atoms with Gasteiger partial charge < -0.3 is 9.47 Å². The molecule has 1 fully saturated rings. The van der Waals surface area contributed by atoms with Gasteiger partial charge in [-0.15, -0.1) is 0 Å². The third-order valence-electron chi connectivity index (χ3n) is 3.51. The van der Waals surface area contributed by atoms with Crippen LogP contribution in [0.15, 0.2) is 0 Å². The fourth-order valence-electron chi connectivity index (χ4n) is 1.95. The molecule has 90 valence electrons. The summed E-state index contributed by atoms with van der Waals surface area (Å²) in [6.07, 6.45) is 1.41. The predicted octanol–water partition coefficient (Wildman–Crippen LogP) is 3.25. The molecule has 0 spiro atoms. The van der Waals surface area contributed by atoms with E-state index in [4.69, 9.17) is 9.47 Å². The molecule has 2 nitrogen and oxygen atoms in total. The molecule has 0 saturated carbocycles. The summed E-state index contributed by atoms with van der Waals surface area (Å²) in [6.45, 7) is 14.9. The van der Waals surface area contributed by atoms with Gasteiger partial charge in [0.25, 0.3) is 0 Å². The molecule has 0 amide bonds. The van der Waals surface area contributed by atoms with Crippen molar-refractivity contribution in [3.63, 3.8) is 0 Å². The fraction of sp³-hybridized carbons (Fsp3) is 1.00. The second-order valence-electron chi connectivity index (χ2n) is 6.12. The summed E-state index contributed by atoms with van der Waals surface area (Å²) < 4.78 is 11.6. The van der Waals surface area contributed by atoms with E-state index in [2.05, 4.69) is 41.5 Å². The van der Waals surface area contributed by atoms with E-state index in [9.17, 15) is 0 Å². The van der Waals surface area contributed by atoms with E-state index >= 15 is 0 Å². The minimum atomic E-state index is -0.00967. The van der Waals surface area contributed by atoms with Crippen molar-refractivity contribution in [2.24, 2.45) is 11.3 Å². The number of hydrogen-bond donors (Lipinski definition) is 0. The Bertz CT molecular complexity index is 209. The Hall–Kier alpha value is -0.0800. The maximum absolute atomic E-state index is 5.97. The second kappa shape index (κ2) is 4.42. The molecule has 2 atom stereocenters. The van der Waals surface area contributed by atoms with Crippen LogP contribution in [-0.2, 0) is 9.47 Å². The maximum Gasteiger partial charge on any atom is 0.0695 e. The largest absolute Gasteiger partial charge is 0.377 e. The topological polar surface area (TPSA) is 18.5 Å². The Kier molecular flexibility index (Phi) is 3.83. The third-order valence-corrected chi connectivity index (χ3v) is 3.51. The molecule has 1 aliphatic rings. The van der Waals surface area contributed by atoms with E-state index in [0.29, 0.717) is 12.0 Å². The van der Waals surface area contributed by atoms with Crippen LogP contribution in [0.2, 0.25) is 0 Å². The molecular weight excluding hydrogens is 188 g/mol. The van der Waals surface area contributed by atoms with Crippen LogP contribution in [0.5, 0.6) is 0 Å². The molecule has 15 heavy (non-hydrogen) atoms.